The van der Waals surface area contributed by atoms with E-state index in [1.54, 1.807) is 0 Å². The maximum atomic E-state index is 13.5. The van der Waals surface area contributed by atoms with Gasteiger partial charge >= 0.3 is 0 Å². The Bertz CT molecular complexity index is 374. The zero-order chi connectivity index (χ0) is 13.0. The van der Waals surface area contributed by atoms with E-state index in [1.807, 2.05) is 26.0 Å². The summed E-state index contributed by atoms with van der Waals surface area (Å²) >= 11 is 0. The molecule has 3 heteroatoms. The van der Waals surface area contributed by atoms with Gasteiger partial charge in [-0.05, 0) is 49.8 Å². The fourth-order valence-electron chi connectivity index (χ4n) is 2.51. The first-order chi connectivity index (χ1) is 8.66. The van der Waals surface area contributed by atoms with Crippen LogP contribution in [0.25, 0.3) is 0 Å². The van der Waals surface area contributed by atoms with Gasteiger partial charge < -0.3 is 10.1 Å². The summed E-state index contributed by atoms with van der Waals surface area (Å²) < 4.78 is 19.0. The Morgan fingerprint density at radius 3 is 2.67 bits per heavy atom. The lowest BCUT2D eigenvalue weighted by molar-refractivity contribution is 0.142. The predicted octanol–water partition coefficient (Wildman–Crippen LogP) is 3.10. The molecule has 1 aromatic rings. The van der Waals surface area contributed by atoms with Gasteiger partial charge in [0.25, 0.3) is 0 Å². The first-order valence-electron chi connectivity index (χ1n) is 6.73. The highest BCUT2D eigenvalue weighted by molar-refractivity contribution is 5.30. The molecule has 1 aliphatic heterocycles. The molecule has 0 radical (unpaired) electrons. The van der Waals surface area contributed by atoms with Crippen LogP contribution in [0, 0.1) is 19.7 Å². The maximum Gasteiger partial charge on any atom is 0.129 e. The van der Waals surface area contributed by atoms with Crippen molar-refractivity contribution in [3.8, 4) is 0 Å². The van der Waals surface area contributed by atoms with Crippen molar-refractivity contribution < 1.29 is 9.13 Å². The number of hydrogen-bond donors (Lipinski definition) is 1. The van der Waals surface area contributed by atoms with Crippen molar-refractivity contribution in [2.75, 3.05) is 13.2 Å². The first-order valence-corrected chi connectivity index (χ1v) is 6.73. The van der Waals surface area contributed by atoms with E-state index in [2.05, 4.69) is 5.32 Å². The molecule has 1 heterocycles. The molecule has 1 N–H and O–H groups in total. The SMILES string of the molecule is Cc1cc(CNC2CCCOCC2)cc(C)c1F. The highest BCUT2D eigenvalue weighted by Gasteiger charge is 2.12. The Labute approximate surface area is 109 Å². The zero-order valence-electron chi connectivity index (χ0n) is 11.3. The van der Waals surface area contributed by atoms with E-state index in [0.29, 0.717) is 6.04 Å². The van der Waals surface area contributed by atoms with Gasteiger partial charge in [0.05, 0.1) is 0 Å². The molecule has 1 aliphatic rings. The zero-order valence-corrected chi connectivity index (χ0v) is 11.3. The summed E-state index contributed by atoms with van der Waals surface area (Å²) in [7, 11) is 0. The van der Waals surface area contributed by atoms with Crippen LogP contribution in [0.5, 0.6) is 0 Å². The van der Waals surface area contributed by atoms with Gasteiger partial charge in [-0.1, -0.05) is 12.1 Å². The molecule has 2 nitrogen and oxygen atoms in total. The van der Waals surface area contributed by atoms with Crippen LogP contribution >= 0.6 is 0 Å². The lowest BCUT2D eigenvalue weighted by Crippen LogP contribution is -2.28. The molecular weight excluding hydrogens is 229 g/mol. The Morgan fingerprint density at radius 2 is 1.94 bits per heavy atom. The highest BCUT2D eigenvalue weighted by Crippen LogP contribution is 2.15. The topological polar surface area (TPSA) is 21.3 Å². The van der Waals surface area contributed by atoms with E-state index in [-0.39, 0.29) is 5.82 Å². The van der Waals surface area contributed by atoms with E-state index in [9.17, 15) is 4.39 Å². The minimum Gasteiger partial charge on any atom is -0.381 e. The second-order valence-electron chi connectivity index (χ2n) is 5.16. The smallest absolute Gasteiger partial charge is 0.129 e. The molecule has 18 heavy (non-hydrogen) atoms. The van der Waals surface area contributed by atoms with Crippen molar-refractivity contribution in [3.63, 3.8) is 0 Å². The van der Waals surface area contributed by atoms with Gasteiger partial charge in [-0.25, -0.2) is 4.39 Å². The normalized spacial score (nSPS) is 20.7. The third-order valence-corrected chi connectivity index (χ3v) is 3.54. The number of aryl methyl sites for hydroxylation is 2. The molecule has 1 fully saturated rings. The highest BCUT2D eigenvalue weighted by atomic mass is 19.1. The van der Waals surface area contributed by atoms with Gasteiger partial charge in [-0.3, -0.25) is 0 Å². The summed E-state index contributed by atoms with van der Waals surface area (Å²) in [6.07, 6.45) is 3.36. The minimum absolute atomic E-state index is 0.0818. The molecule has 100 valence electrons. The minimum atomic E-state index is -0.0818. The van der Waals surface area contributed by atoms with E-state index < -0.39 is 0 Å². The monoisotopic (exact) mass is 251 g/mol. The van der Waals surface area contributed by atoms with Crippen molar-refractivity contribution in [1.29, 1.82) is 0 Å². The van der Waals surface area contributed by atoms with Gasteiger partial charge in [0.15, 0.2) is 0 Å². The standard InChI is InChI=1S/C15H22FNO/c1-11-8-13(9-12(2)15(11)16)10-17-14-4-3-6-18-7-5-14/h8-9,14,17H,3-7,10H2,1-2H3. The molecule has 1 saturated heterocycles. The van der Waals surface area contributed by atoms with Crippen LogP contribution in [0.2, 0.25) is 0 Å². The lowest BCUT2D eigenvalue weighted by atomic mass is 10.0. The Morgan fingerprint density at radius 1 is 1.22 bits per heavy atom. The van der Waals surface area contributed by atoms with Gasteiger partial charge in [0.1, 0.15) is 5.82 Å². The number of nitrogens with one attached hydrogen (secondary N) is 1. The molecular formula is C15H22FNO. The third-order valence-electron chi connectivity index (χ3n) is 3.54. The molecule has 0 saturated carbocycles. The van der Waals surface area contributed by atoms with Crippen LogP contribution in [-0.2, 0) is 11.3 Å². The summed E-state index contributed by atoms with van der Waals surface area (Å²) in [6.45, 7) is 6.19. The fourth-order valence-corrected chi connectivity index (χ4v) is 2.51. The van der Waals surface area contributed by atoms with Gasteiger partial charge in [-0.15, -0.1) is 0 Å². The largest absolute Gasteiger partial charge is 0.381 e. The molecule has 1 unspecified atom stereocenters. The Hall–Kier alpha value is -0.930. The van der Waals surface area contributed by atoms with Gasteiger partial charge in [0.2, 0.25) is 0 Å². The van der Waals surface area contributed by atoms with Crippen LogP contribution in [0.4, 0.5) is 4.39 Å². The summed E-state index contributed by atoms with van der Waals surface area (Å²) in [5.74, 6) is -0.0818. The molecule has 0 amide bonds. The maximum absolute atomic E-state index is 13.5. The van der Waals surface area contributed by atoms with Gasteiger partial charge in [-0.2, -0.15) is 0 Å². The van der Waals surface area contributed by atoms with Crippen molar-refractivity contribution in [1.82, 2.24) is 5.32 Å². The molecule has 0 spiro atoms. The van der Waals surface area contributed by atoms with Crippen molar-refractivity contribution in [2.45, 2.75) is 45.7 Å². The van der Waals surface area contributed by atoms with Crippen LogP contribution in [0.15, 0.2) is 12.1 Å². The van der Waals surface area contributed by atoms with E-state index in [4.69, 9.17) is 4.74 Å². The summed E-state index contributed by atoms with van der Waals surface area (Å²) in [5.41, 5.74) is 2.63. The molecule has 1 aromatic carbocycles. The second kappa shape index (κ2) is 6.30. The summed E-state index contributed by atoms with van der Waals surface area (Å²) in [4.78, 5) is 0. The summed E-state index contributed by atoms with van der Waals surface area (Å²) in [5, 5.41) is 3.55. The molecule has 1 atom stereocenters. The molecule has 0 aliphatic carbocycles. The fraction of sp³-hybridized carbons (Fsp3) is 0.600. The molecule has 0 bridgehead atoms. The van der Waals surface area contributed by atoms with Crippen molar-refractivity contribution in [2.24, 2.45) is 0 Å². The molecule has 0 aromatic heterocycles. The molecule has 2 rings (SSSR count). The quantitative estimate of drug-likeness (QED) is 0.891. The average Bonchev–Trinajstić information content (AvgIpc) is 2.61. The summed E-state index contributed by atoms with van der Waals surface area (Å²) in [6, 6.07) is 4.39. The third kappa shape index (κ3) is 3.53. The predicted molar refractivity (Wildman–Crippen MR) is 71.2 cm³/mol. The average molecular weight is 251 g/mol. The Balaban J connectivity index is 1.93. The second-order valence-corrected chi connectivity index (χ2v) is 5.16. The number of hydrogen-bond acceptors (Lipinski definition) is 2. The van der Waals surface area contributed by atoms with E-state index >= 15 is 0 Å². The number of ether oxygens (including phenoxy) is 1. The first kappa shape index (κ1) is 13.5. The van der Waals surface area contributed by atoms with Crippen LogP contribution in [-0.4, -0.2) is 19.3 Å². The van der Waals surface area contributed by atoms with Crippen LogP contribution in [0.1, 0.15) is 36.0 Å². The van der Waals surface area contributed by atoms with E-state index in [1.165, 1.54) is 6.42 Å². The van der Waals surface area contributed by atoms with Crippen LogP contribution < -0.4 is 5.32 Å². The Kier molecular flexibility index (Phi) is 4.72. The number of halogens is 1. The van der Waals surface area contributed by atoms with Crippen molar-refractivity contribution >= 4 is 0 Å². The number of rotatable bonds is 3. The van der Waals surface area contributed by atoms with E-state index in [0.717, 1.165) is 49.3 Å². The van der Waals surface area contributed by atoms with Crippen molar-refractivity contribution in [3.05, 3.63) is 34.6 Å². The number of benzene rings is 1. The van der Waals surface area contributed by atoms with Crippen LogP contribution in [0.3, 0.4) is 0 Å². The lowest BCUT2D eigenvalue weighted by Gasteiger charge is -2.16. The van der Waals surface area contributed by atoms with Gasteiger partial charge in [0, 0.05) is 25.8 Å².